The van der Waals surface area contributed by atoms with E-state index in [-0.39, 0.29) is 11.7 Å². The third kappa shape index (κ3) is 3.93. The monoisotopic (exact) mass is 288 g/mol. The van der Waals surface area contributed by atoms with Crippen LogP contribution in [0.2, 0.25) is 0 Å². The molecule has 21 heavy (non-hydrogen) atoms. The highest BCUT2D eigenvalue weighted by molar-refractivity contribution is 6.00. The quantitative estimate of drug-likeness (QED) is 0.802. The summed E-state index contributed by atoms with van der Waals surface area (Å²) >= 11 is 0. The molecular weight excluding hydrogens is 264 g/mol. The Morgan fingerprint density at radius 1 is 1.10 bits per heavy atom. The molecule has 1 aromatic rings. The lowest BCUT2D eigenvalue weighted by Gasteiger charge is -2.27. The first-order valence-electron chi connectivity index (χ1n) is 7.99. The molecule has 1 aromatic carbocycles. The summed E-state index contributed by atoms with van der Waals surface area (Å²) < 4.78 is 0. The Hall–Kier alpha value is -1.64. The van der Waals surface area contributed by atoms with Gasteiger partial charge in [0.1, 0.15) is 0 Å². The number of carbonyl (C=O) groups excluding carboxylic acids is 1. The average molecular weight is 288 g/mol. The van der Waals surface area contributed by atoms with E-state index in [2.05, 4.69) is 6.92 Å². The maximum Gasteiger partial charge on any atom is 0.307 e. The van der Waals surface area contributed by atoms with Gasteiger partial charge in [0, 0.05) is 11.5 Å². The lowest BCUT2D eigenvalue weighted by atomic mass is 9.75. The van der Waals surface area contributed by atoms with Gasteiger partial charge in [0.2, 0.25) is 0 Å². The summed E-state index contributed by atoms with van der Waals surface area (Å²) in [5.41, 5.74) is 1.90. The lowest BCUT2D eigenvalue weighted by molar-refractivity contribution is -0.144. The number of carboxylic acid groups (broad SMARTS) is 1. The SMILES string of the molecule is CCCCc1ccc(C(=O)C2CCCCC2C(=O)O)cc1. The number of unbranched alkanes of at least 4 members (excludes halogenated alkanes) is 1. The van der Waals surface area contributed by atoms with Gasteiger partial charge in [-0.15, -0.1) is 0 Å². The zero-order chi connectivity index (χ0) is 15.2. The molecule has 2 atom stereocenters. The first-order valence-corrected chi connectivity index (χ1v) is 7.99. The molecule has 0 spiro atoms. The Kier molecular flexibility index (Phi) is 5.54. The van der Waals surface area contributed by atoms with Crippen LogP contribution in [0.5, 0.6) is 0 Å². The number of ketones is 1. The topological polar surface area (TPSA) is 54.4 Å². The van der Waals surface area contributed by atoms with E-state index < -0.39 is 11.9 Å². The zero-order valence-electron chi connectivity index (χ0n) is 12.7. The van der Waals surface area contributed by atoms with Crippen molar-refractivity contribution in [2.45, 2.75) is 51.9 Å². The summed E-state index contributed by atoms with van der Waals surface area (Å²) in [6.45, 7) is 2.16. The molecule has 0 saturated heterocycles. The Morgan fingerprint density at radius 3 is 2.29 bits per heavy atom. The summed E-state index contributed by atoms with van der Waals surface area (Å²) in [6, 6.07) is 7.73. The van der Waals surface area contributed by atoms with Crippen LogP contribution in [0.1, 0.15) is 61.4 Å². The number of hydrogen-bond donors (Lipinski definition) is 1. The molecule has 1 N–H and O–H groups in total. The Morgan fingerprint density at radius 2 is 1.71 bits per heavy atom. The van der Waals surface area contributed by atoms with Gasteiger partial charge in [-0.2, -0.15) is 0 Å². The number of rotatable bonds is 6. The van der Waals surface area contributed by atoms with Gasteiger partial charge < -0.3 is 5.11 Å². The van der Waals surface area contributed by atoms with Crippen LogP contribution in [-0.2, 0) is 11.2 Å². The van der Waals surface area contributed by atoms with Gasteiger partial charge in [0.15, 0.2) is 5.78 Å². The fourth-order valence-electron chi connectivity index (χ4n) is 3.17. The third-order valence-electron chi connectivity index (χ3n) is 4.48. The minimum atomic E-state index is -0.826. The largest absolute Gasteiger partial charge is 0.481 e. The van der Waals surface area contributed by atoms with Crippen LogP contribution in [-0.4, -0.2) is 16.9 Å². The number of benzene rings is 1. The minimum absolute atomic E-state index is 0.00383. The van der Waals surface area contributed by atoms with Crippen molar-refractivity contribution < 1.29 is 14.7 Å². The Balaban J connectivity index is 2.09. The molecule has 1 saturated carbocycles. The molecule has 0 bridgehead atoms. The van der Waals surface area contributed by atoms with Crippen LogP contribution in [0.15, 0.2) is 24.3 Å². The predicted molar refractivity (Wildman–Crippen MR) is 82.5 cm³/mol. The molecule has 2 unspecified atom stereocenters. The van der Waals surface area contributed by atoms with E-state index >= 15 is 0 Å². The molecule has 3 nitrogen and oxygen atoms in total. The second kappa shape index (κ2) is 7.39. The number of carboxylic acids is 1. The van der Waals surface area contributed by atoms with Crippen LogP contribution in [0.3, 0.4) is 0 Å². The number of carbonyl (C=O) groups is 2. The van der Waals surface area contributed by atoms with Crippen LogP contribution < -0.4 is 0 Å². The molecule has 0 radical (unpaired) electrons. The molecule has 0 aromatic heterocycles. The van der Waals surface area contributed by atoms with Crippen molar-refractivity contribution in [2.75, 3.05) is 0 Å². The van der Waals surface area contributed by atoms with E-state index in [1.54, 1.807) is 0 Å². The van der Waals surface area contributed by atoms with Crippen molar-refractivity contribution >= 4 is 11.8 Å². The van der Waals surface area contributed by atoms with Gasteiger partial charge >= 0.3 is 5.97 Å². The van der Waals surface area contributed by atoms with E-state index in [0.717, 1.165) is 32.1 Å². The molecular formula is C18H24O3. The summed E-state index contributed by atoms with van der Waals surface area (Å²) in [5, 5.41) is 9.29. The normalized spacial score (nSPS) is 22.0. The van der Waals surface area contributed by atoms with Crippen molar-refractivity contribution in [1.29, 1.82) is 0 Å². The van der Waals surface area contributed by atoms with Gasteiger partial charge in [0.25, 0.3) is 0 Å². The predicted octanol–water partition coefficient (Wildman–Crippen LogP) is 4.10. The zero-order valence-corrected chi connectivity index (χ0v) is 12.7. The van der Waals surface area contributed by atoms with Gasteiger partial charge in [-0.1, -0.05) is 50.5 Å². The van der Waals surface area contributed by atoms with Crippen LogP contribution in [0.25, 0.3) is 0 Å². The fraction of sp³-hybridized carbons (Fsp3) is 0.556. The maximum absolute atomic E-state index is 12.6. The lowest BCUT2D eigenvalue weighted by Crippen LogP contribution is -2.32. The molecule has 0 amide bonds. The van der Waals surface area contributed by atoms with Crippen molar-refractivity contribution in [3.05, 3.63) is 35.4 Å². The highest BCUT2D eigenvalue weighted by atomic mass is 16.4. The Bertz CT molecular complexity index is 490. The van der Waals surface area contributed by atoms with Crippen molar-refractivity contribution in [1.82, 2.24) is 0 Å². The summed E-state index contributed by atoms with van der Waals surface area (Å²) in [5.74, 6) is -1.68. The first-order chi connectivity index (χ1) is 10.1. The Labute approximate surface area is 126 Å². The van der Waals surface area contributed by atoms with Gasteiger partial charge in [-0.25, -0.2) is 0 Å². The molecule has 0 heterocycles. The smallest absolute Gasteiger partial charge is 0.307 e. The van der Waals surface area contributed by atoms with Gasteiger partial charge in [-0.3, -0.25) is 9.59 Å². The van der Waals surface area contributed by atoms with Crippen LogP contribution in [0, 0.1) is 11.8 Å². The highest BCUT2D eigenvalue weighted by Crippen LogP contribution is 2.32. The fourth-order valence-corrected chi connectivity index (χ4v) is 3.17. The average Bonchev–Trinajstić information content (AvgIpc) is 2.52. The van der Waals surface area contributed by atoms with E-state index in [1.807, 2.05) is 24.3 Å². The van der Waals surface area contributed by atoms with Crippen molar-refractivity contribution in [2.24, 2.45) is 11.8 Å². The number of aryl methyl sites for hydroxylation is 1. The second-order valence-corrected chi connectivity index (χ2v) is 6.00. The minimum Gasteiger partial charge on any atom is -0.481 e. The van der Waals surface area contributed by atoms with Crippen molar-refractivity contribution in [3.63, 3.8) is 0 Å². The van der Waals surface area contributed by atoms with Gasteiger partial charge in [0.05, 0.1) is 5.92 Å². The van der Waals surface area contributed by atoms with E-state index in [0.29, 0.717) is 18.4 Å². The standard InChI is InChI=1S/C18H24O3/c1-2-3-6-13-9-11-14(12-10-13)17(19)15-7-4-5-8-16(15)18(20)21/h9-12,15-16H,2-8H2,1H3,(H,20,21). The molecule has 3 heteroatoms. The van der Waals surface area contributed by atoms with E-state index in [4.69, 9.17) is 0 Å². The summed E-state index contributed by atoms with van der Waals surface area (Å²) in [4.78, 5) is 23.9. The number of Topliss-reactive ketones (excluding diaryl/α,β-unsaturated/α-hetero) is 1. The summed E-state index contributed by atoms with van der Waals surface area (Å²) in [6.07, 6.45) is 6.53. The molecule has 1 aliphatic rings. The first kappa shape index (κ1) is 15.7. The number of aliphatic carboxylic acids is 1. The third-order valence-corrected chi connectivity index (χ3v) is 4.48. The van der Waals surface area contributed by atoms with Gasteiger partial charge in [-0.05, 0) is 31.2 Å². The van der Waals surface area contributed by atoms with E-state index in [9.17, 15) is 14.7 Å². The molecule has 114 valence electrons. The second-order valence-electron chi connectivity index (χ2n) is 6.00. The maximum atomic E-state index is 12.6. The summed E-state index contributed by atoms with van der Waals surface area (Å²) in [7, 11) is 0. The molecule has 2 rings (SSSR count). The highest BCUT2D eigenvalue weighted by Gasteiger charge is 2.35. The van der Waals surface area contributed by atoms with Crippen LogP contribution >= 0.6 is 0 Å². The number of hydrogen-bond acceptors (Lipinski definition) is 2. The van der Waals surface area contributed by atoms with Crippen molar-refractivity contribution in [3.8, 4) is 0 Å². The molecule has 1 fully saturated rings. The van der Waals surface area contributed by atoms with Crippen LogP contribution in [0.4, 0.5) is 0 Å². The molecule has 1 aliphatic carbocycles. The molecule has 0 aliphatic heterocycles. The van der Waals surface area contributed by atoms with E-state index in [1.165, 1.54) is 5.56 Å².